The van der Waals surface area contributed by atoms with Crippen LogP contribution in [0.15, 0.2) is 0 Å². The zero-order valence-electron chi connectivity index (χ0n) is 10.2. The van der Waals surface area contributed by atoms with Crippen LogP contribution in [-0.2, 0) is 0 Å². The molecule has 0 radical (unpaired) electrons. The topological polar surface area (TPSA) is 15.3 Å². The van der Waals surface area contributed by atoms with Crippen LogP contribution in [0.5, 0.6) is 0 Å². The maximum atomic E-state index is 3.79. The first-order valence-electron chi connectivity index (χ1n) is 7.39. The molecule has 0 aromatic heterocycles. The van der Waals surface area contributed by atoms with Gasteiger partial charge in [0.2, 0.25) is 0 Å². The Morgan fingerprint density at radius 2 is 1.94 bits per heavy atom. The molecule has 1 N–H and O–H groups in total. The van der Waals surface area contributed by atoms with Crippen molar-refractivity contribution in [2.75, 3.05) is 19.6 Å². The summed E-state index contributed by atoms with van der Waals surface area (Å²) in [6.07, 6.45) is 8.95. The Hall–Kier alpha value is -0.0800. The lowest BCUT2D eigenvalue weighted by Gasteiger charge is -2.43. The van der Waals surface area contributed by atoms with E-state index < -0.39 is 0 Å². The molecule has 3 heterocycles. The van der Waals surface area contributed by atoms with Gasteiger partial charge in [-0.3, -0.25) is 4.90 Å². The molecule has 16 heavy (non-hydrogen) atoms. The summed E-state index contributed by atoms with van der Waals surface area (Å²) in [6.45, 7) is 4.13. The maximum absolute atomic E-state index is 3.79. The van der Waals surface area contributed by atoms with E-state index >= 15 is 0 Å². The summed E-state index contributed by atoms with van der Waals surface area (Å²) < 4.78 is 0. The third-order valence-electron chi connectivity index (χ3n) is 5.88. The highest BCUT2D eigenvalue weighted by molar-refractivity contribution is 5.02. The lowest BCUT2D eigenvalue weighted by Crippen LogP contribution is -2.52. The van der Waals surface area contributed by atoms with E-state index in [1.807, 2.05) is 0 Å². The van der Waals surface area contributed by atoms with E-state index in [-0.39, 0.29) is 0 Å². The molecule has 1 saturated carbocycles. The van der Waals surface area contributed by atoms with Crippen molar-refractivity contribution in [3.63, 3.8) is 0 Å². The van der Waals surface area contributed by atoms with Crippen molar-refractivity contribution in [3.8, 4) is 0 Å². The Morgan fingerprint density at radius 3 is 2.88 bits per heavy atom. The minimum absolute atomic E-state index is 0.876. The average molecular weight is 220 g/mol. The number of piperidine rings is 2. The van der Waals surface area contributed by atoms with Gasteiger partial charge in [-0.15, -0.1) is 0 Å². The van der Waals surface area contributed by atoms with Crippen molar-refractivity contribution in [1.82, 2.24) is 10.2 Å². The van der Waals surface area contributed by atoms with Gasteiger partial charge in [0.25, 0.3) is 0 Å². The van der Waals surface area contributed by atoms with E-state index in [0.29, 0.717) is 0 Å². The molecular formula is C14H24N2. The SMILES string of the molecule is C1CC2CC[C@@H](N1)C2C1CCC2CCN1C2. The van der Waals surface area contributed by atoms with Gasteiger partial charge in [-0.05, 0) is 69.4 Å². The molecule has 2 nitrogen and oxygen atoms in total. The van der Waals surface area contributed by atoms with Crippen LogP contribution in [-0.4, -0.2) is 36.6 Å². The van der Waals surface area contributed by atoms with Crippen molar-refractivity contribution in [2.24, 2.45) is 17.8 Å². The normalized spacial score (nSPS) is 55.5. The van der Waals surface area contributed by atoms with E-state index in [1.54, 1.807) is 0 Å². The van der Waals surface area contributed by atoms with Gasteiger partial charge in [0.15, 0.2) is 0 Å². The molecule has 3 saturated heterocycles. The fourth-order valence-corrected chi connectivity index (χ4v) is 5.14. The third kappa shape index (κ3) is 1.39. The number of fused-ring (bicyclic) bond motifs is 4. The van der Waals surface area contributed by atoms with E-state index in [1.165, 1.54) is 58.2 Å². The minimum atomic E-state index is 0.876. The summed E-state index contributed by atoms with van der Waals surface area (Å²) in [6, 6.07) is 1.82. The zero-order chi connectivity index (χ0) is 10.5. The Morgan fingerprint density at radius 1 is 0.938 bits per heavy atom. The van der Waals surface area contributed by atoms with Gasteiger partial charge in [-0.2, -0.15) is 0 Å². The Kier molecular flexibility index (Phi) is 2.29. The molecule has 0 aromatic rings. The van der Waals surface area contributed by atoms with E-state index in [2.05, 4.69) is 10.2 Å². The van der Waals surface area contributed by atoms with Crippen molar-refractivity contribution in [3.05, 3.63) is 0 Å². The van der Waals surface area contributed by atoms with Crippen LogP contribution in [0.25, 0.3) is 0 Å². The molecule has 4 rings (SSSR count). The Balaban J connectivity index is 1.56. The highest BCUT2D eigenvalue weighted by Gasteiger charge is 2.47. The molecule has 5 unspecified atom stereocenters. The second kappa shape index (κ2) is 3.71. The van der Waals surface area contributed by atoms with Crippen molar-refractivity contribution >= 4 is 0 Å². The number of nitrogens with zero attached hydrogens (tertiary/aromatic N) is 1. The van der Waals surface area contributed by atoms with Gasteiger partial charge in [0.1, 0.15) is 0 Å². The van der Waals surface area contributed by atoms with Crippen LogP contribution >= 0.6 is 0 Å². The summed E-state index contributed by atoms with van der Waals surface area (Å²) in [5, 5.41) is 3.79. The predicted molar refractivity (Wildman–Crippen MR) is 65.3 cm³/mol. The third-order valence-corrected chi connectivity index (χ3v) is 5.88. The van der Waals surface area contributed by atoms with Gasteiger partial charge >= 0.3 is 0 Å². The quantitative estimate of drug-likeness (QED) is 0.725. The standard InChI is InChI=1S/C14H24N2/c1-4-13(16-8-6-10(1)9-16)14-11-2-3-12(14)15-7-5-11/h10-15H,1-9H2/t10?,11?,12-,13?,14?/m1/s1. The van der Waals surface area contributed by atoms with Crippen LogP contribution in [0.1, 0.15) is 38.5 Å². The first-order chi connectivity index (χ1) is 7.92. The molecule has 0 amide bonds. The van der Waals surface area contributed by atoms with E-state index in [4.69, 9.17) is 0 Å². The number of nitrogens with one attached hydrogen (secondary N) is 1. The molecule has 1 aliphatic carbocycles. The molecule has 4 fully saturated rings. The first-order valence-corrected chi connectivity index (χ1v) is 7.39. The van der Waals surface area contributed by atoms with E-state index in [0.717, 1.165) is 29.8 Å². The van der Waals surface area contributed by atoms with Crippen LogP contribution in [0.2, 0.25) is 0 Å². The molecule has 0 spiro atoms. The van der Waals surface area contributed by atoms with Gasteiger partial charge in [-0.1, -0.05) is 0 Å². The second-order valence-electron chi connectivity index (χ2n) is 6.56. The number of hydrogen-bond donors (Lipinski definition) is 1. The smallest absolute Gasteiger partial charge is 0.0141 e. The number of rotatable bonds is 1. The fraction of sp³-hybridized carbons (Fsp3) is 1.00. The van der Waals surface area contributed by atoms with Crippen molar-refractivity contribution in [1.29, 1.82) is 0 Å². The minimum Gasteiger partial charge on any atom is -0.314 e. The summed E-state index contributed by atoms with van der Waals surface area (Å²) in [5.74, 6) is 3.13. The Labute approximate surface area is 98.8 Å². The average Bonchev–Trinajstić information content (AvgIpc) is 2.80. The molecule has 4 bridgehead atoms. The van der Waals surface area contributed by atoms with Crippen LogP contribution in [0.4, 0.5) is 0 Å². The van der Waals surface area contributed by atoms with Gasteiger partial charge < -0.3 is 5.32 Å². The predicted octanol–water partition coefficient (Wildman–Crippen LogP) is 1.86. The highest BCUT2D eigenvalue weighted by atomic mass is 15.2. The largest absolute Gasteiger partial charge is 0.314 e. The number of hydrogen-bond acceptors (Lipinski definition) is 2. The maximum Gasteiger partial charge on any atom is 0.0141 e. The van der Waals surface area contributed by atoms with Crippen LogP contribution in [0.3, 0.4) is 0 Å². The molecule has 3 aliphatic heterocycles. The van der Waals surface area contributed by atoms with Gasteiger partial charge in [0, 0.05) is 18.6 Å². The lowest BCUT2D eigenvalue weighted by atomic mass is 9.78. The summed E-state index contributed by atoms with van der Waals surface area (Å²) in [4.78, 5) is 2.84. The monoisotopic (exact) mass is 220 g/mol. The zero-order valence-corrected chi connectivity index (χ0v) is 10.2. The van der Waals surface area contributed by atoms with Crippen LogP contribution in [0, 0.1) is 17.8 Å². The highest BCUT2D eigenvalue weighted by Crippen LogP contribution is 2.45. The van der Waals surface area contributed by atoms with Crippen LogP contribution < -0.4 is 5.32 Å². The summed E-state index contributed by atoms with van der Waals surface area (Å²) in [7, 11) is 0. The molecule has 0 aromatic carbocycles. The fourth-order valence-electron chi connectivity index (χ4n) is 5.14. The van der Waals surface area contributed by atoms with Crippen molar-refractivity contribution < 1.29 is 0 Å². The van der Waals surface area contributed by atoms with Gasteiger partial charge in [0.05, 0.1) is 0 Å². The van der Waals surface area contributed by atoms with E-state index in [9.17, 15) is 0 Å². The molecule has 6 atom stereocenters. The lowest BCUT2D eigenvalue weighted by molar-refractivity contribution is 0.0752. The molecule has 2 heteroatoms. The molecular weight excluding hydrogens is 196 g/mol. The second-order valence-corrected chi connectivity index (χ2v) is 6.56. The molecule has 90 valence electrons. The summed E-state index contributed by atoms with van der Waals surface area (Å²) in [5.41, 5.74) is 0. The van der Waals surface area contributed by atoms with Gasteiger partial charge in [-0.25, -0.2) is 0 Å². The summed E-state index contributed by atoms with van der Waals surface area (Å²) >= 11 is 0. The first kappa shape index (κ1) is 9.90. The van der Waals surface area contributed by atoms with Crippen molar-refractivity contribution in [2.45, 2.75) is 50.6 Å². The Bertz CT molecular complexity index is 262. The molecule has 4 aliphatic rings.